The second kappa shape index (κ2) is 6.14. The maximum absolute atomic E-state index is 12.7. The Morgan fingerprint density at radius 3 is 2.83 bits per heavy atom. The van der Waals surface area contributed by atoms with Crippen LogP contribution in [0.5, 0.6) is 0 Å². The zero-order valence-corrected chi connectivity index (χ0v) is 14.4. The summed E-state index contributed by atoms with van der Waals surface area (Å²) in [6.45, 7) is 4.17. The average molecular weight is 341 g/mol. The van der Waals surface area contributed by atoms with E-state index in [1.165, 1.54) is 0 Å². The van der Waals surface area contributed by atoms with Gasteiger partial charge in [0, 0.05) is 6.54 Å². The highest BCUT2D eigenvalue weighted by Crippen LogP contribution is 2.37. The van der Waals surface area contributed by atoms with Crippen LogP contribution >= 0.6 is 0 Å². The minimum absolute atomic E-state index is 0.0777. The lowest BCUT2D eigenvalue weighted by Gasteiger charge is -2.29. The number of amides is 2. The molecule has 1 unspecified atom stereocenters. The fraction of sp³-hybridized carbons (Fsp3) is 0.733. The van der Waals surface area contributed by atoms with Crippen molar-refractivity contribution in [2.24, 2.45) is 5.92 Å². The molecule has 1 aliphatic carbocycles. The van der Waals surface area contributed by atoms with Crippen LogP contribution in [0, 0.1) is 12.8 Å². The Morgan fingerprint density at radius 1 is 1.43 bits per heavy atom. The summed E-state index contributed by atoms with van der Waals surface area (Å²) in [5.41, 5.74) is 1.32. The minimum Gasteiger partial charge on any atom is -0.359 e. The number of aryl methyl sites for hydroxylation is 2. The highest BCUT2D eigenvalue weighted by Gasteiger charge is 2.41. The van der Waals surface area contributed by atoms with E-state index in [2.05, 4.69) is 10.5 Å². The van der Waals surface area contributed by atoms with Crippen molar-refractivity contribution >= 4 is 21.6 Å². The molecule has 128 valence electrons. The largest absolute Gasteiger partial charge is 0.359 e. The van der Waals surface area contributed by atoms with E-state index in [1.807, 2.05) is 6.92 Å². The van der Waals surface area contributed by atoms with Gasteiger partial charge in [0.15, 0.2) is 15.6 Å². The van der Waals surface area contributed by atoms with Crippen LogP contribution in [-0.4, -0.2) is 48.6 Å². The molecule has 0 bridgehead atoms. The number of nitrogens with zero attached hydrogens (tertiary/aromatic N) is 2. The van der Waals surface area contributed by atoms with Gasteiger partial charge in [-0.25, -0.2) is 13.2 Å². The first-order valence-electron chi connectivity index (χ1n) is 8.14. The van der Waals surface area contributed by atoms with Gasteiger partial charge in [-0.2, -0.15) is 0 Å². The summed E-state index contributed by atoms with van der Waals surface area (Å²) >= 11 is 0. The van der Waals surface area contributed by atoms with E-state index in [4.69, 9.17) is 4.52 Å². The topological polar surface area (TPSA) is 92.5 Å². The molecule has 1 aliphatic heterocycles. The molecule has 2 amide bonds. The molecule has 23 heavy (non-hydrogen) atoms. The monoisotopic (exact) mass is 341 g/mol. The number of hydrogen-bond acceptors (Lipinski definition) is 5. The van der Waals surface area contributed by atoms with E-state index in [1.54, 1.807) is 11.8 Å². The third-order valence-electron chi connectivity index (χ3n) is 4.61. The summed E-state index contributed by atoms with van der Waals surface area (Å²) in [5.74, 6) is 1.12. The lowest BCUT2D eigenvalue weighted by Crippen LogP contribution is -2.46. The molecule has 1 N–H and O–H groups in total. The maximum atomic E-state index is 12.7. The molecule has 3 rings (SSSR count). The molecule has 1 saturated heterocycles. The Bertz CT molecular complexity index is 694. The molecular weight excluding hydrogens is 318 g/mol. The summed E-state index contributed by atoms with van der Waals surface area (Å²) in [6.07, 6.45) is 3.14. The Kier molecular flexibility index (Phi) is 4.35. The van der Waals surface area contributed by atoms with Crippen LogP contribution in [-0.2, 0) is 16.3 Å². The van der Waals surface area contributed by atoms with Crippen molar-refractivity contribution in [1.29, 1.82) is 0 Å². The molecule has 1 atom stereocenters. The quantitative estimate of drug-likeness (QED) is 0.907. The van der Waals surface area contributed by atoms with Crippen molar-refractivity contribution in [3.63, 3.8) is 0 Å². The zero-order valence-electron chi connectivity index (χ0n) is 13.5. The van der Waals surface area contributed by atoms with Crippen LogP contribution in [0.15, 0.2) is 4.52 Å². The minimum atomic E-state index is -3.08. The number of anilines is 1. The van der Waals surface area contributed by atoms with E-state index >= 15 is 0 Å². The van der Waals surface area contributed by atoms with E-state index in [0.29, 0.717) is 42.4 Å². The van der Waals surface area contributed by atoms with Crippen LogP contribution in [0.4, 0.5) is 10.5 Å². The molecule has 7 nitrogen and oxygen atoms in total. The van der Waals surface area contributed by atoms with Gasteiger partial charge in [-0.05, 0) is 38.5 Å². The van der Waals surface area contributed by atoms with E-state index in [0.717, 1.165) is 12.8 Å². The second-order valence-corrected chi connectivity index (χ2v) is 8.64. The molecule has 0 aromatic carbocycles. The fourth-order valence-electron chi connectivity index (χ4n) is 3.18. The van der Waals surface area contributed by atoms with E-state index < -0.39 is 9.84 Å². The number of urea groups is 1. The predicted octanol–water partition coefficient (Wildman–Crippen LogP) is 1.98. The molecule has 2 fully saturated rings. The van der Waals surface area contributed by atoms with Gasteiger partial charge in [0.05, 0.1) is 17.5 Å². The molecule has 2 heterocycles. The summed E-state index contributed by atoms with van der Waals surface area (Å²) in [5, 5.41) is 6.82. The first-order valence-corrected chi connectivity index (χ1v) is 9.96. The van der Waals surface area contributed by atoms with Crippen LogP contribution in [0.2, 0.25) is 0 Å². The number of nitrogens with one attached hydrogen (secondary N) is 1. The standard InChI is InChI=1S/C15H23N3O4S/c1-3-12-14(10(2)22-17-12)16-15(19)18-7-4-8-23(20,21)9-13(18)11-5-6-11/h11,13H,3-9H2,1-2H3,(H,16,19). The van der Waals surface area contributed by atoms with Crippen molar-refractivity contribution in [2.45, 2.75) is 45.6 Å². The first kappa shape index (κ1) is 16.3. The fourth-order valence-corrected chi connectivity index (χ4v) is 4.88. The SMILES string of the molecule is CCc1noc(C)c1NC(=O)N1CCCS(=O)(=O)CC1C1CC1. The summed E-state index contributed by atoms with van der Waals surface area (Å²) in [6, 6.07) is -0.465. The number of hydrogen-bond donors (Lipinski definition) is 1. The third-order valence-corrected chi connectivity index (χ3v) is 6.37. The number of carbonyl (C=O) groups excluding carboxylic acids is 1. The number of rotatable bonds is 3. The van der Waals surface area contributed by atoms with Gasteiger partial charge in [-0.15, -0.1) is 0 Å². The molecule has 1 saturated carbocycles. The van der Waals surface area contributed by atoms with Crippen molar-refractivity contribution in [1.82, 2.24) is 10.1 Å². The summed E-state index contributed by atoms with van der Waals surface area (Å²) in [4.78, 5) is 14.4. The Labute approximate surface area is 136 Å². The Balaban J connectivity index is 1.80. The van der Waals surface area contributed by atoms with E-state index in [-0.39, 0.29) is 23.6 Å². The van der Waals surface area contributed by atoms with Gasteiger partial charge in [0.25, 0.3) is 0 Å². The number of carbonyl (C=O) groups is 1. The molecule has 2 aliphatic rings. The first-order chi connectivity index (χ1) is 10.9. The maximum Gasteiger partial charge on any atom is 0.322 e. The second-order valence-electron chi connectivity index (χ2n) is 6.41. The van der Waals surface area contributed by atoms with Gasteiger partial charge in [-0.1, -0.05) is 12.1 Å². The highest BCUT2D eigenvalue weighted by atomic mass is 32.2. The van der Waals surface area contributed by atoms with Crippen LogP contribution in [0.25, 0.3) is 0 Å². The van der Waals surface area contributed by atoms with Gasteiger partial charge in [0.1, 0.15) is 11.4 Å². The third kappa shape index (κ3) is 3.52. The van der Waals surface area contributed by atoms with Crippen LogP contribution in [0.3, 0.4) is 0 Å². The lowest BCUT2D eigenvalue weighted by atomic mass is 10.2. The highest BCUT2D eigenvalue weighted by molar-refractivity contribution is 7.91. The van der Waals surface area contributed by atoms with Crippen LogP contribution < -0.4 is 5.32 Å². The predicted molar refractivity (Wildman–Crippen MR) is 86.1 cm³/mol. The number of aromatic nitrogens is 1. The zero-order chi connectivity index (χ0) is 16.6. The number of sulfone groups is 1. The molecule has 0 radical (unpaired) electrons. The van der Waals surface area contributed by atoms with E-state index in [9.17, 15) is 13.2 Å². The molecule has 8 heteroatoms. The van der Waals surface area contributed by atoms with Gasteiger partial charge in [-0.3, -0.25) is 0 Å². The normalized spacial score (nSPS) is 24.3. The van der Waals surface area contributed by atoms with Gasteiger partial charge in [0.2, 0.25) is 0 Å². The average Bonchev–Trinajstić information content (AvgIpc) is 3.28. The Hall–Kier alpha value is -1.57. The Morgan fingerprint density at radius 2 is 2.17 bits per heavy atom. The molecule has 1 aromatic heterocycles. The smallest absolute Gasteiger partial charge is 0.322 e. The van der Waals surface area contributed by atoms with Crippen molar-refractivity contribution in [3.8, 4) is 0 Å². The molecular formula is C15H23N3O4S. The summed E-state index contributed by atoms with van der Waals surface area (Å²) < 4.78 is 29.3. The molecule has 0 spiro atoms. The van der Waals surface area contributed by atoms with Gasteiger partial charge < -0.3 is 14.7 Å². The lowest BCUT2D eigenvalue weighted by molar-refractivity contribution is 0.187. The van der Waals surface area contributed by atoms with Crippen molar-refractivity contribution < 1.29 is 17.7 Å². The molecule has 1 aromatic rings. The van der Waals surface area contributed by atoms with Crippen LogP contribution in [0.1, 0.15) is 37.6 Å². The van der Waals surface area contributed by atoms with Crippen molar-refractivity contribution in [2.75, 3.05) is 23.4 Å². The summed E-state index contributed by atoms with van der Waals surface area (Å²) in [7, 11) is -3.08. The van der Waals surface area contributed by atoms with Crippen molar-refractivity contribution in [3.05, 3.63) is 11.5 Å². The van der Waals surface area contributed by atoms with Gasteiger partial charge >= 0.3 is 6.03 Å².